The van der Waals surface area contributed by atoms with Crippen molar-refractivity contribution in [1.82, 2.24) is 20.4 Å². The maximum absolute atomic E-state index is 13.0. The second kappa shape index (κ2) is 6.91. The summed E-state index contributed by atoms with van der Waals surface area (Å²) in [6.45, 7) is 2.54. The maximum Gasteiger partial charge on any atom is 0.240 e. The molecule has 1 saturated heterocycles. The van der Waals surface area contributed by atoms with E-state index in [1.165, 1.54) is 37.0 Å². The molecule has 0 spiro atoms. The molecular weight excluding hydrogens is 298 g/mol. The second-order valence-electron chi connectivity index (χ2n) is 6.36. The zero-order valence-corrected chi connectivity index (χ0v) is 13.8. The summed E-state index contributed by atoms with van der Waals surface area (Å²) in [5, 5.41) is 12.1. The van der Waals surface area contributed by atoms with E-state index in [1.54, 1.807) is 0 Å². The number of amides is 1. The largest absolute Gasteiger partial charge is 0.374 e. The Hall–Kier alpha value is -1.21. The number of hydrogen-bond donors (Lipinski definition) is 2. The summed E-state index contributed by atoms with van der Waals surface area (Å²) in [6, 6.07) is 0. The van der Waals surface area contributed by atoms with Crippen LogP contribution in [-0.2, 0) is 11.3 Å². The van der Waals surface area contributed by atoms with Crippen molar-refractivity contribution in [3.05, 3.63) is 5.01 Å². The van der Waals surface area contributed by atoms with Crippen LogP contribution in [0.5, 0.6) is 0 Å². The lowest BCUT2D eigenvalue weighted by molar-refractivity contribution is -0.137. The van der Waals surface area contributed by atoms with E-state index in [-0.39, 0.29) is 11.4 Å². The Kier molecular flexibility index (Phi) is 4.93. The van der Waals surface area contributed by atoms with Gasteiger partial charge in [-0.3, -0.25) is 9.69 Å². The summed E-state index contributed by atoms with van der Waals surface area (Å²) >= 11 is 1.34. The lowest BCUT2D eigenvalue weighted by atomic mass is 9.78. The Balaban J connectivity index is 1.68. The fraction of sp³-hybridized carbons (Fsp3) is 0.800. The van der Waals surface area contributed by atoms with E-state index in [0.29, 0.717) is 11.7 Å². The van der Waals surface area contributed by atoms with Crippen LogP contribution in [0.15, 0.2) is 0 Å². The van der Waals surface area contributed by atoms with Gasteiger partial charge < -0.3 is 11.1 Å². The van der Waals surface area contributed by atoms with Gasteiger partial charge in [-0.25, -0.2) is 0 Å². The second-order valence-corrected chi connectivity index (χ2v) is 7.45. The van der Waals surface area contributed by atoms with Gasteiger partial charge in [0.15, 0.2) is 0 Å². The Morgan fingerprint density at radius 3 is 2.45 bits per heavy atom. The minimum atomic E-state index is -0.297. The van der Waals surface area contributed by atoms with Crippen molar-refractivity contribution in [1.29, 1.82) is 0 Å². The monoisotopic (exact) mass is 323 g/mol. The standard InChI is InChI=1S/C15H25N5OS/c16-14-19-18-12(22-14)11-17-13(21)15(7-3-1-4-8-15)20-9-5-2-6-10-20/h1-11H2,(H2,16,19)(H,17,21). The van der Waals surface area contributed by atoms with Crippen LogP contribution in [0.3, 0.4) is 0 Å². The normalized spacial score (nSPS) is 22.4. The summed E-state index contributed by atoms with van der Waals surface area (Å²) in [6.07, 6.45) is 9.22. The van der Waals surface area contributed by atoms with Crippen LogP contribution in [0.1, 0.15) is 56.4 Å². The molecule has 2 aliphatic rings. The lowest BCUT2D eigenvalue weighted by Gasteiger charge is -2.46. The molecule has 1 aromatic heterocycles. The number of nitrogens with one attached hydrogen (secondary N) is 1. The number of nitrogens with zero attached hydrogens (tertiary/aromatic N) is 3. The van der Waals surface area contributed by atoms with E-state index in [1.807, 2.05) is 0 Å². The van der Waals surface area contributed by atoms with Gasteiger partial charge in [-0.1, -0.05) is 37.0 Å². The van der Waals surface area contributed by atoms with Crippen LogP contribution in [0, 0.1) is 0 Å². The molecule has 0 unspecified atom stereocenters. The number of nitrogens with two attached hydrogens (primary N) is 1. The molecule has 6 nitrogen and oxygen atoms in total. The topological polar surface area (TPSA) is 84.1 Å². The summed E-state index contributed by atoms with van der Waals surface area (Å²) in [5.74, 6) is 0.169. The molecule has 1 saturated carbocycles. The quantitative estimate of drug-likeness (QED) is 0.884. The summed E-state index contributed by atoms with van der Waals surface area (Å²) in [7, 11) is 0. The van der Waals surface area contributed by atoms with Gasteiger partial charge in [0.1, 0.15) is 10.5 Å². The predicted octanol–water partition coefficient (Wildman–Crippen LogP) is 1.93. The summed E-state index contributed by atoms with van der Waals surface area (Å²) in [5.41, 5.74) is 5.30. The van der Waals surface area contributed by atoms with Crippen molar-refractivity contribution in [3.63, 3.8) is 0 Å². The molecule has 1 aromatic rings. The van der Waals surface area contributed by atoms with Crippen LogP contribution in [0.4, 0.5) is 5.13 Å². The maximum atomic E-state index is 13.0. The molecule has 3 rings (SSSR count). The molecule has 1 amide bonds. The first-order valence-electron chi connectivity index (χ1n) is 8.32. The average Bonchev–Trinajstić information content (AvgIpc) is 2.99. The Bertz CT molecular complexity index is 506. The smallest absolute Gasteiger partial charge is 0.240 e. The van der Waals surface area contributed by atoms with Crippen molar-refractivity contribution >= 4 is 22.4 Å². The van der Waals surface area contributed by atoms with Crippen molar-refractivity contribution < 1.29 is 4.79 Å². The van der Waals surface area contributed by atoms with Gasteiger partial charge in [0, 0.05) is 0 Å². The molecule has 2 heterocycles. The fourth-order valence-corrected chi connectivity index (χ4v) is 4.35. The molecule has 0 aromatic carbocycles. The molecule has 22 heavy (non-hydrogen) atoms. The van der Waals surface area contributed by atoms with Crippen molar-refractivity contribution in [2.45, 2.75) is 63.5 Å². The fourth-order valence-electron chi connectivity index (χ4n) is 3.80. The van der Waals surface area contributed by atoms with Crippen LogP contribution in [0.2, 0.25) is 0 Å². The lowest BCUT2D eigenvalue weighted by Crippen LogP contribution is -2.60. The van der Waals surface area contributed by atoms with E-state index < -0.39 is 0 Å². The van der Waals surface area contributed by atoms with Gasteiger partial charge in [0.05, 0.1) is 6.54 Å². The Labute approximate surface area is 135 Å². The van der Waals surface area contributed by atoms with E-state index in [4.69, 9.17) is 5.73 Å². The van der Waals surface area contributed by atoms with Gasteiger partial charge in [-0.15, -0.1) is 10.2 Å². The number of rotatable bonds is 4. The number of piperidine rings is 1. The summed E-state index contributed by atoms with van der Waals surface area (Å²) < 4.78 is 0. The third-order valence-electron chi connectivity index (χ3n) is 4.95. The third-order valence-corrected chi connectivity index (χ3v) is 5.70. The van der Waals surface area contributed by atoms with Gasteiger partial charge in [0.25, 0.3) is 0 Å². The number of carbonyl (C=O) groups is 1. The van der Waals surface area contributed by atoms with Gasteiger partial charge in [0.2, 0.25) is 11.0 Å². The minimum Gasteiger partial charge on any atom is -0.374 e. The van der Waals surface area contributed by atoms with Gasteiger partial charge >= 0.3 is 0 Å². The highest BCUT2D eigenvalue weighted by molar-refractivity contribution is 7.15. The van der Waals surface area contributed by atoms with E-state index >= 15 is 0 Å². The Morgan fingerprint density at radius 2 is 1.82 bits per heavy atom. The van der Waals surface area contributed by atoms with Crippen molar-refractivity contribution in [2.24, 2.45) is 0 Å². The van der Waals surface area contributed by atoms with Crippen LogP contribution in [0.25, 0.3) is 0 Å². The molecule has 0 bridgehead atoms. The number of aromatic nitrogens is 2. The van der Waals surface area contributed by atoms with Crippen molar-refractivity contribution in [3.8, 4) is 0 Å². The predicted molar refractivity (Wildman–Crippen MR) is 87.4 cm³/mol. The first kappa shape index (κ1) is 15.7. The SMILES string of the molecule is Nc1nnc(CNC(=O)C2(N3CCCCC3)CCCCC2)s1. The molecule has 2 fully saturated rings. The number of hydrogen-bond acceptors (Lipinski definition) is 6. The molecule has 122 valence electrons. The molecule has 3 N–H and O–H groups in total. The highest BCUT2D eigenvalue weighted by atomic mass is 32.1. The third kappa shape index (κ3) is 3.25. The van der Waals surface area contributed by atoms with E-state index in [0.717, 1.165) is 43.8 Å². The number of carbonyl (C=O) groups excluding carboxylic acids is 1. The molecular formula is C15H25N5OS. The average molecular weight is 323 g/mol. The van der Waals surface area contributed by atoms with Gasteiger partial charge in [-0.05, 0) is 38.8 Å². The zero-order valence-electron chi connectivity index (χ0n) is 13.0. The van der Waals surface area contributed by atoms with Crippen molar-refractivity contribution in [2.75, 3.05) is 18.8 Å². The first-order valence-corrected chi connectivity index (χ1v) is 9.14. The molecule has 1 aliphatic heterocycles. The van der Waals surface area contributed by atoms with Gasteiger partial charge in [-0.2, -0.15) is 0 Å². The number of nitrogen functional groups attached to an aromatic ring is 1. The minimum absolute atomic E-state index is 0.169. The highest BCUT2D eigenvalue weighted by Gasteiger charge is 2.44. The first-order chi connectivity index (χ1) is 10.7. The molecule has 7 heteroatoms. The molecule has 1 aliphatic carbocycles. The van der Waals surface area contributed by atoms with Crippen LogP contribution in [-0.4, -0.2) is 39.6 Å². The summed E-state index contributed by atoms with van der Waals surface area (Å²) in [4.78, 5) is 15.4. The van der Waals surface area contributed by atoms with E-state index in [9.17, 15) is 4.79 Å². The zero-order chi connectivity index (χ0) is 15.4. The van der Waals surface area contributed by atoms with Crippen LogP contribution >= 0.6 is 11.3 Å². The van der Waals surface area contributed by atoms with E-state index in [2.05, 4.69) is 20.4 Å². The Morgan fingerprint density at radius 1 is 1.14 bits per heavy atom. The highest BCUT2D eigenvalue weighted by Crippen LogP contribution is 2.36. The number of likely N-dealkylation sites (tertiary alicyclic amines) is 1. The molecule has 0 atom stereocenters. The molecule has 0 radical (unpaired) electrons. The van der Waals surface area contributed by atoms with Crippen LogP contribution < -0.4 is 11.1 Å². The number of anilines is 1.